The summed E-state index contributed by atoms with van der Waals surface area (Å²) in [7, 11) is 1.67. The molecule has 0 aliphatic carbocycles. The number of β-amino-alcohol motifs (C(OH)–C–C–N with tert-alkyl or cyclic N) is 1. The third-order valence-electron chi connectivity index (χ3n) is 1.56. The second-order valence-electron chi connectivity index (χ2n) is 2.44. The predicted molar refractivity (Wildman–Crippen MR) is 34.1 cm³/mol. The van der Waals surface area contributed by atoms with Crippen LogP contribution in [0, 0.1) is 0 Å². The normalized spacial score (nSPS) is 29.3. The lowest BCUT2D eigenvalue weighted by molar-refractivity contribution is 0.0688. The summed E-state index contributed by atoms with van der Waals surface area (Å²) in [6.07, 6.45) is 0.767. The van der Waals surface area contributed by atoms with E-state index in [9.17, 15) is 0 Å². The van der Waals surface area contributed by atoms with Gasteiger partial charge in [-0.15, -0.1) is 0 Å². The second-order valence-corrected chi connectivity index (χ2v) is 2.44. The Hall–Kier alpha value is -0.120. The van der Waals surface area contributed by atoms with Crippen LogP contribution in [0.4, 0.5) is 0 Å². The average molecular weight is 131 g/mol. The molecular formula is C6H13NO2. The van der Waals surface area contributed by atoms with Gasteiger partial charge in [0.15, 0.2) is 0 Å². The molecular weight excluding hydrogens is 118 g/mol. The average Bonchev–Trinajstić information content (AvgIpc) is 2.17. The number of rotatable bonds is 2. The predicted octanol–water partition coefficient (Wildman–Crippen LogP) is -0.343. The van der Waals surface area contributed by atoms with Crippen LogP contribution < -0.4 is 0 Å². The molecule has 0 aromatic carbocycles. The van der Waals surface area contributed by atoms with Crippen molar-refractivity contribution in [1.82, 2.24) is 4.90 Å². The van der Waals surface area contributed by atoms with Crippen molar-refractivity contribution in [3.05, 3.63) is 0 Å². The molecule has 0 spiro atoms. The Balaban J connectivity index is 2.14. The molecule has 0 amide bonds. The molecule has 1 saturated heterocycles. The largest absolute Gasteiger partial charge is 0.392 e. The van der Waals surface area contributed by atoms with Crippen LogP contribution in [-0.4, -0.2) is 43.0 Å². The van der Waals surface area contributed by atoms with Crippen molar-refractivity contribution in [1.29, 1.82) is 0 Å². The van der Waals surface area contributed by atoms with Crippen molar-refractivity contribution >= 4 is 0 Å². The first kappa shape index (κ1) is 6.99. The highest BCUT2D eigenvalue weighted by molar-refractivity contribution is 4.71. The number of likely N-dealkylation sites (tertiary alicyclic amines) is 1. The molecule has 1 heterocycles. The minimum absolute atomic E-state index is 0.125. The zero-order valence-electron chi connectivity index (χ0n) is 5.71. The molecule has 1 rings (SSSR count). The highest BCUT2D eigenvalue weighted by Crippen LogP contribution is 2.06. The van der Waals surface area contributed by atoms with Crippen LogP contribution >= 0.6 is 0 Å². The summed E-state index contributed by atoms with van der Waals surface area (Å²) in [6, 6.07) is 0. The van der Waals surface area contributed by atoms with Crippen molar-refractivity contribution in [2.75, 3.05) is 26.9 Å². The van der Waals surface area contributed by atoms with Crippen LogP contribution in [0.3, 0.4) is 0 Å². The molecule has 1 aliphatic rings. The van der Waals surface area contributed by atoms with E-state index in [0.29, 0.717) is 6.73 Å². The summed E-state index contributed by atoms with van der Waals surface area (Å²) in [4.78, 5) is 2.09. The van der Waals surface area contributed by atoms with Gasteiger partial charge in [-0.05, 0) is 6.42 Å². The smallest absolute Gasteiger partial charge is 0.0987 e. The van der Waals surface area contributed by atoms with E-state index in [2.05, 4.69) is 4.90 Å². The summed E-state index contributed by atoms with van der Waals surface area (Å²) in [6.45, 7) is 2.39. The Bertz CT molecular complexity index is 85.1. The van der Waals surface area contributed by atoms with E-state index < -0.39 is 0 Å². The molecule has 54 valence electrons. The van der Waals surface area contributed by atoms with Gasteiger partial charge in [0.05, 0.1) is 12.8 Å². The summed E-state index contributed by atoms with van der Waals surface area (Å²) in [5.74, 6) is 0. The minimum atomic E-state index is -0.125. The lowest BCUT2D eigenvalue weighted by atomic mass is 10.3. The van der Waals surface area contributed by atoms with Gasteiger partial charge in [0, 0.05) is 20.2 Å². The lowest BCUT2D eigenvalue weighted by Gasteiger charge is -2.11. The highest BCUT2D eigenvalue weighted by Gasteiger charge is 2.18. The van der Waals surface area contributed by atoms with E-state index in [1.54, 1.807) is 7.11 Å². The van der Waals surface area contributed by atoms with Gasteiger partial charge in [0.25, 0.3) is 0 Å². The third-order valence-corrected chi connectivity index (χ3v) is 1.56. The van der Waals surface area contributed by atoms with Crippen molar-refractivity contribution in [2.24, 2.45) is 0 Å². The van der Waals surface area contributed by atoms with Gasteiger partial charge in [-0.1, -0.05) is 0 Å². The fraction of sp³-hybridized carbons (Fsp3) is 1.00. The molecule has 3 nitrogen and oxygen atoms in total. The zero-order valence-corrected chi connectivity index (χ0v) is 5.71. The molecule has 9 heavy (non-hydrogen) atoms. The Labute approximate surface area is 55.2 Å². The lowest BCUT2D eigenvalue weighted by Crippen LogP contribution is -2.23. The number of hydrogen-bond donors (Lipinski definition) is 1. The second kappa shape index (κ2) is 3.15. The molecule has 0 aromatic heterocycles. The van der Waals surface area contributed by atoms with E-state index in [1.807, 2.05) is 0 Å². The van der Waals surface area contributed by atoms with Gasteiger partial charge in [0.1, 0.15) is 0 Å². The van der Waals surface area contributed by atoms with Crippen molar-refractivity contribution in [3.63, 3.8) is 0 Å². The fourth-order valence-electron chi connectivity index (χ4n) is 1.11. The van der Waals surface area contributed by atoms with Crippen LogP contribution in [0.5, 0.6) is 0 Å². The van der Waals surface area contributed by atoms with Crippen LogP contribution in [-0.2, 0) is 4.74 Å². The molecule has 0 bridgehead atoms. The number of aliphatic hydroxyl groups is 1. The van der Waals surface area contributed by atoms with Gasteiger partial charge < -0.3 is 9.84 Å². The Morgan fingerprint density at radius 3 is 3.00 bits per heavy atom. The van der Waals surface area contributed by atoms with Crippen LogP contribution in [0.2, 0.25) is 0 Å². The third kappa shape index (κ3) is 1.93. The van der Waals surface area contributed by atoms with Gasteiger partial charge in [-0.3, -0.25) is 4.90 Å². The monoisotopic (exact) mass is 131 g/mol. The SMILES string of the molecule is COCN1CCC(O)C1. The number of nitrogens with zero attached hydrogens (tertiary/aromatic N) is 1. The molecule has 1 fully saturated rings. The summed E-state index contributed by atoms with van der Waals surface area (Å²) >= 11 is 0. The number of aliphatic hydroxyl groups excluding tert-OH is 1. The number of hydrogen-bond acceptors (Lipinski definition) is 3. The van der Waals surface area contributed by atoms with E-state index in [-0.39, 0.29) is 6.10 Å². The van der Waals surface area contributed by atoms with Gasteiger partial charge in [-0.2, -0.15) is 0 Å². The molecule has 1 atom stereocenters. The van der Waals surface area contributed by atoms with Gasteiger partial charge >= 0.3 is 0 Å². The quantitative estimate of drug-likeness (QED) is 0.556. The van der Waals surface area contributed by atoms with E-state index >= 15 is 0 Å². The Morgan fingerprint density at radius 2 is 2.56 bits per heavy atom. The summed E-state index contributed by atoms with van der Waals surface area (Å²) in [5.41, 5.74) is 0. The highest BCUT2D eigenvalue weighted by atomic mass is 16.5. The zero-order chi connectivity index (χ0) is 6.69. The van der Waals surface area contributed by atoms with E-state index in [1.165, 1.54) is 0 Å². The van der Waals surface area contributed by atoms with Gasteiger partial charge in [0.2, 0.25) is 0 Å². The summed E-state index contributed by atoms with van der Waals surface area (Å²) in [5, 5.41) is 9.03. The van der Waals surface area contributed by atoms with Crippen LogP contribution in [0.15, 0.2) is 0 Å². The molecule has 0 aromatic rings. The maximum Gasteiger partial charge on any atom is 0.0987 e. The van der Waals surface area contributed by atoms with E-state index in [4.69, 9.17) is 9.84 Å². The minimum Gasteiger partial charge on any atom is -0.392 e. The van der Waals surface area contributed by atoms with Gasteiger partial charge in [-0.25, -0.2) is 0 Å². The van der Waals surface area contributed by atoms with E-state index in [0.717, 1.165) is 19.5 Å². The molecule has 1 N–H and O–H groups in total. The topological polar surface area (TPSA) is 32.7 Å². The first-order chi connectivity index (χ1) is 4.33. The standard InChI is InChI=1S/C6H13NO2/c1-9-5-7-3-2-6(8)4-7/h6,8H,2-5H2,1H3. The Morgan fingerprint density at radius 1 is 1.78 bits per heavy atom. The first-order valence-electron chi connectivity index (χ1n) is 3.22. The molecule has 1 aliphatic heterocycles. The van der Waals surface area contributed by atoms with Crippen molar-refractivity contribution < 1.29 is 9.84 Å². The summed E-state index contributed by atoms with van der Waals surface area (Å²) < 4.78 is 4.89. The first-order valence-corrected chi connectivity index (χ1v) is 3.22. The molecule has 1 unspecified atom stereocenters. The van der Waals surface area contributed by atoms with Crippen LogP contribution in [0.25, 0.3) is 0 Å². The van der Waals surface area contributed by atoms with Crippen LogP contribution in [0.1, 0.15) is 6.42 Å². The maximum absolute atomic E-state index is 9.03. The molecule has 3 heteroatoms. The Kier molecular flexibility index (Phi) is 2.45. The number of ether oxygens (including phenoxy) is 1. The number of methoxy groups -OCH3 is 1. The van der Waals surface area contributed by atoms with Crippen molar-refractivity contribution in [2.45, 2.75) is 12.5 Å². The fourth-order valence-corrected chi connectivity index (χ4v) is 1.11. The molecule has 0 saturated carbocycles. The van der Waals surface area contributed by atoms with Crippen molar-refractivity contribution in [3.8, 4) is 0 Å². The maximum atomic E-state index is 9.03. The molecule has 0 radical (unpaired) electrons.